The molecule has 0 saturated heterocycles. The molecule has 0 aliphatic carbocycles. The molecule has 6 heteroatoms. The first-order chi connectivity index (χ1) is 8.35. The van der Waals surface area contributed by atoms with Gasteiger partial charge in [0.25, 0.3) is 0 Å². The van der Waals surface area contributed by atoms with E-state index in [4.69, 9.17) is 10.4 Å². The monoisotopic (exact) mass is 267 g/mol. The first-order valence-corrected chi connectivity index (χ1v) is 7.09. The van der Waals surface area contributed by atoms with Gasteiger partial charge in [-0.05, 0) is 11.6 Å². The molecule has 0 heterocycles. The predicted octanol–water partition coefficient (Wildman–Crippen LogP) is 1.19. The standard InChI is InChI=1S/C12H13NO4S/c1-9(12(14)15)7-18(16,17)8-11-5-3-2-4-10(11)6-13/h2-5,9H,7-8H2,1H3,(H,14,15). The van der Waals surface area contributed by atoms with Crippen LogP contribution in [-0.2, 0) is 20.4 Å². The maximum Gasteiger partial charge on any atom is 0.307 e. The van der Waals surface area contributed by atoms with Gasteiger partial charge in [-0.15, -0.1) is 0 Å². The second kappa shape index (κ2) is 5.65. The summed E-state index contributed by atoms with van der Waals surface area (Å²) in [7, 11) is -3.54. The van der Waals surface area contributed by atoms with Gasteiger partial charge in [-0.25, -0.2) is 8.42 Å². The van der Waals surface area contributed by atoms with Crippen molar-refractivity contribution in [1.82, 2.24) is 0 Å². The summed E-state index contributed by atoms with van der Waals surface area (Å²) < 4.78 is 23.6. The van der Waals surface area contributed by atoms with Crippen molar-refractivity contribution in [2.45, 2.75) is 12.7 Å². The molecule has 0 saturated carbocycles. The lowest BCUT2D eigenvalue weighted by molar-refractivity contribution is -0.140. The highest BCUT2D eigenvalue weighted by Gasteiger charge is 2.22. The summed E-state index contributed by atoms with van der Waals surface area (Å²) >= 11 is 0. The minimum Gasteiger partial charge on any atom is -0.481 e. The molecule has 0 spiro atoms. The third-order valence-electron chi connectivity index (χ3n) is 2.44. The first kappa shape index (κ1) is 14.2. The molecule has 0 aliphatic rings. The third kappa shape index (κ3) is 3.86. The van der Waals surface area contributed by atoms with Crippen LogP contribution >= 0.6 is 0 Å². The Labute approximate surface area is 106 Å². The molecule has 0 bridgehead atoms. The van der Waals surface area contributed by atoms with Gasteiger partial charge in [0.05, 0.1) is 29.1 Å². The minimum absolute atomic E-state index is 0.295. The second-order valence-corrected chi connectivity index (χ2v) is 6.17. The largest absolute Gasteiger partial charge is 0.481 e. The third-order valence-corrected chi connectivity index (χ3v) is 4.20. The average Bonchev–Trinajstić information content (AvgIpc) is 2.28. The summed E-state index contributed by atoms with van der Waals surface area (Å²) in [5.41, 5.74) is 0.696. The molecule has 1 atom stereocenters. The number of benzene rings is 1. The molecule has 0 aromatic heterocycles. The van der Waals surface area contributed by atoms with E-state index in [1.54, 1.807) is 18.2 Å². The Morgan fingerprint density at radius 3 is 2.61 bits per heavy atom. The molecule has 1 aromatic rings. The lowest BCUT2D eigenvalue weighted by Gasteiger charge is -2.08. The Balaban J connectivity index is 2.90. The number of hydrogen-bond donors (Lipinski definition) is 1. The zero-order valence-electron chi connectivity index (χ0n) is 9.83. The SMILES string of the molecule is CC(CS(=O)(=O)Cc1ccccc1C#N)C(=O)O. The highest BCUT2D eigenvalue weighted by molar-refractivity contribution is 7.90. The maximum absolute atomic E-state index is 11.8. The van der Waals surface area contributed by atoms with Gasteiger partial charge in [-0.1, -0.05) is 25.1 Å². The van der Waals surface area contributed by atoms with Crippen molar-refractivity contribution in [2.75, 3.05) is 5.75 Å². The van der Waals surface area contributed by atoms with E-state index in [1.807, 2.05) is 6.07 Å². The number of rotatable bonds is 5. The van der Waals surface area contributed by atoms with Crippen molar-refractivity contribution >= 4 is 15.8 Å². The van der Waals surface area contributed by atoms with Crippen LogP contribution in [-0.4, -0.2) is 25.2 Å². The molecule has 1 N–H and O–H groups in total. The summed E-state index contributed by atoms with van der Waals surface area (Å²) in [6, 6.07) is 8.30. The van der Waals surface area contributed by atoms with Gasteiger partial charge >= 0.3 is 5.97 Å². The molecular formula is C12H13NO4S. The maximum atomic E-state index is 11.8. The molecule has 18 heavy (non-hydrogen) atoms. The normalized spacial score (nSPS) is 12.7. The molecule has 1 unspecified atom stereocenters. The zero-order valence-corrected chi connectivity index (χ0v) is 10.6. The van der Waals surface area contributed by atoms with Crippen molar-refractivity contribution < 1.29 is 18.3 Å². The van der Waals surface area contributed by atoms with E-state index >= 15 is 0 Å². The molecular weight excluding hydrogens is 254 g/mol. The summed E-state index contributed by atoms with van der Waals surface area (Å²) in [6.07, 6.45) is 0. The van der Waals surface area contributed by atoms with Crippen LogP contribution in [0, 0.1) is 17.2 Å². The van der Waals surface area contributed by atoms with E-state index in [0.29, 0.717) is 11.1 Å². The average molecular weight is 267 g/mol. The van der Waals surface area contributed by atoms with Crippen LogP contribution in [0.3, 0.4) is 0 Å². The van der Waals surface area contributed by atoms with Crippen LogP contribution in [0.25, 0.3) is 0 Å². The van der Waals surface area contributed by atoms with Gasteiger partial charge in [-0.3, -0.25) is 4.79 Å². The molecule has 1 aromatic carbocycles. The highest BCUT2D eigenvalue weighted by atomic mass is 32.2. The highest BCUT2D eigenvalue weighted by Crippen LogP contribution is 2.14. The second-order valence-electron chi connectivity index (χ2n) is 4.06. The molecule has 0 amide bonds. The number of carboxylic acids is 1. The van der Waals surface area contributed by atoms with E-state index < -0.39 is 27.5 Å². The van der Waals surface area contributed by atoms with Crippen molar-refractivity contribution in [2.24, 2.45) is 5.92 Å². The number of sulfone groups is 1. The van der Waals surface area contributed by atoms with Crippen molar-refractivity contribution in [1.29, 1.82) is 5.26 Å². The fraction of sp³-hybridized carbons (Fsp3) is 0.333. The zero-order chi connectivity index (χ0) is 13.8. The summed E-state index contributed by atoms with van der Waals surface area (Å²) in [6.45, 7) is 1.34. The van der Waals surface area contributed by atoms with E-state index in [2.05, 4.69) is 0 Å². The number of carbonyl (C=O) groups is 1. The predicted molar refractivity (Wildman–Crippen MR) is 65.4 cm³/mol. The summed E-state index contributed by atoms with van der Waals surface area (Å²) in [5, 5.41) is 17.5. The number of carboxylic acid groups (broad SMARTS) is 1. The topological polar surface area (TPSA) is 95.2 Å². The van der Waals surface area contributed by atoms with Gasteiger partial charge in [0.2, 0.25) is 0 Å². The van der Waals surface area contributed by atoms with Crippen LogP contribution < -0.4 is 0 Å². The van der Waals surface area contributed by atoms with E-state index in [-0.39, 0.29) is 5.75 Å². The Morgan fingerprint density at radius 1 is 1.44 bits per heavy atom. The fourth-order valence-electron chi connectivity index (χ4n) is 1.50. The Kier molecular flexibility index (Phi) is 4.45. The molecule has 0 radical (unpaired) electrons. The van der Waals surface area contributed by atoms with Crippen LogP contribution in [0.4, 0.5) is 0 Å². The van der Waals surface area contributed by atoms with Crippen molar-refractivity contribution in [3.63, 3.8) is 0 Å². The quantitative estimate of drug-likeness (QED) is 0.864. The Bertz CT molecular complexity index is 586. The van der Waals surface area contributed by atoms with Gasteiger partial charge < -0.3 is 5.11 Å². The van der Waals surface area contributed by atoms with Crippen molar-refractivity contribution in [3.8, 4) is 6.07 Å². The van der Waals surface area contributed by atoms with Crippen molar-refractivity contribution in [3.05, 3.63) is 35.4 Å². The molecule has 5 nitrogen and oxygen atoms in total. The molecule has 1 rings (SSSR count). The van der Waals surface area contributed by atoms with Crippen LogP contribution in [0.2, 0.25) is 0 Å². The minimum atomic E-state index is -3.54. The molecule has 96 valence electrons. The van der Waals surface area contributed by atoms with E-state index in [0.717, 1.165) is 0 Å². The number of aliphatic carboxylic acids is 1. The molecule has 0 fully saturated rings. The van der Waals surface area contributed by atoms with E-state index in [9.17, 15) is 13.2 Å². The number of nitrogens with zero attached hydrogens (tertiary/aromatic N) is 1. The lowest BCUT2D eigenvalue weighted by Crippen LogP contribution is -2.22. The lowest BCUT2D eigenvalue weighted by atomic mass is 10.1. The summed E-state index contributed by atoms with van der Waals surface area (Å²) in [5.74, 6) is -2.84. The number of hydrogen-bond acceptors (Lipinski definition) is 4. The Hall–Kier alpha value is -1.87. The van der Waals surface area contributed by atoms with Gasteiger partial charge in [-0.2, -0.15) is 5.26 Å². The van der Waals surface area contributed by atoms with Crippen LogP contribution in [0.5, 0.6) is 0 Å². The number of nitriles is 1. The smallest absolute Gasteiger partial charge is 0.307 e. The molecule has 0 aliphatic heterocycles. The van der Waals surface area contributed by atoms with Gasteiger partial charge in [0.15, 0.2) is 9.84 Å². The Morgan fingerprint density at radius 2 is 2.06 bits per heavy atom. The summed E-state index contributed by atoms with van der Waals surface area (Å²) in [4.78, 5) is 10.6. The van der Waals surface area contributed by atoms with Gasteiger partial charge in [0.1, 0.15) is 0 Å². The van der Waals surface area contributed by atoms with Gasteiger partial charge in [0, 0.05) is 0 Å². The fourth-order valence-corrected chi connectivity index (χ4v) is 3.25. The van der Waals surface area contributed by atoms with Crippen LogP contribution in [0.1, 0.15) is 18.1 Å². The van der Waals surface area contributed by atoms with E-state index in [1.165, 1.54) is 13.0 Å². The van der Waals surface area contributed by atoms with Crippen LogP contribution in [0.15, 0.2) is 24.3 Å². The first-order valence-electron chi connectivity index (χ1n) is 5.27.